The molecule has 4 nitrogen and oxygen atoms in total. The summed E-state index contributed by atoms with van der Waals surface area (Å²) in [7, 11) is 0. The van der Waals surface area contributed by atoms with Gasteiger partial charge in [0.2, 0.25) is 0 Å². The molecule has 0 aliphatic rings. The second-order valence-electron chi connectivity index (χ2n) is 4.09. The maximum absolute atomic E-state index is 13.0. The van der Waals surface area contributed by atoms with E-state index >= 15 is 0 Å². The SMILES string of the molecule is Cc1cc(F)ccc1C(=O)Nc1cccc(CO)n1. The van der Waals surface area contributed by atoms with Crippen LogP contribution in [0.25, 0.3) is 0 Å². The van der Waals surface area contributed by atoms with Gasteiger partial charge in [0.25, 0.3) is 5.91 Å². The topological polar surface area (TPSA) is 62.2 Å². The number of carbonyl (C=O) groups excluding carboxylic acids is 1. The van der Waals surface area contributed by atoms with Crippen molar-refractivity contribution in [2.75, 3.05) is 5.32 Å². The zero-order valence-corrected chi connectivity index (χ0v) is 10.4. The van der Waals surface area contributed by atoms with Gasteiger partial charge in [0.15, 0.2) is 0 Å². The number of aromatic nitrogens is 1. The van der Waals surface area contributed by atoms with Gasteiger partial charge in [0.1, 0.15) is 11.6 Å². The van der Waals surface area contributed by atoms with E-state index in [0.29, 0.717) is 22.6 Å². The maximum atomic E-state index is 13.0. The molecule has 2 rings (SSSR count). The van der Waals surface area contributed by atoms with Gasteiger partial charge >= 0.3 is 0 Å². The van der Waals surface area contributed by atoms with E-state index in [1.165, 1.54) is 18.2 Å². The zero-order valence-electron chi connectivity index (χ0n) is 10.4. The standard InChI is InChI=1S/C14H13FN2O2/c1-9-7-10(15)5-6-12(9)14(19)17-13-4-2-3-11(8-18)16-13/h2-7,18H,8H2,1H3,(H,16,17,19). The number of hydrogen-bond donors (Lipinski definition) is 2. The highest BCUT2D eigenvalue weighted by Gasteiger charge is 2.10. The molecule has 2 aromatic rings. The van der Waals surface area contributed by atoms with Crippen LogP contribution in [0.3, 0.4) is 0 Å². The number of benzene rings is 1. The number of nitrogens with zero attached hydrogens (tertiary/aromatic N) is 1. The predicted octanol–water partition coefficient (Wildman–Crippen LogP) is 2.27. The molecule has 0 spiro atoms. The van der Waals surface area contributed by atoms with Crippen molar-refractivity contribution in [1.29, 1.82) is 0 Å². The van der Waals surface area contributed by atoms with Crippen LogP contribution in [0.2, 0.25) is 0 Å². The van der Waals surface area contributed by atoms with E-state index in [0.717, 1.165) is 0 Å². The summed E-state index contributed by atoms with van der Waals surface area (Å²) in [4.78, 5) is 16.1. The fraction of sp³-hybridized carbons (Fsp3) is 0.143. The van der Waals surface area contributed by atoms with Gasteiger partial charge in [0, 0.05) is 5.56 Å². The predicted molar refractivity (Wildman–Crippen MR) is 69.3 cm³/mol. The number of carbonyl (C=O) groups is 1. The molecule has 1 aromatic heterocycles. The van der Waals surface area contributed by atoms with E-state index in [4.69, 9.17) is 5.11 Å². The summed E-state index contributed by atoms with van der Waals surface area (Å²) in [6, 6.07) is 8.92. The maximum Gasteiger partial charge on any atom is 0.257 e. The lowest BCUT2D eigenvalue weighted by Crippen LogP contribution is -2.14. The number of hydrogen-bond acceptors (Lipinski definition) is 3. The van der Waals surface area contributed by atoms with E-state index < -0.39 is 0 Å². The Kier molecular flexibility index (Phi) is 3.87. The van der Waals surface area contributed by atoms with Crippen LogP contribution in [0, 0.1) is 12.7 Å². The molecule has 2 N–H and O–H groups in total. The smallest absolute Gasteiger partial charge is 0.257 e. The Labute approximate surface area is 109 Å². The molecule has 0 aliphatic heterocycles. The van der Waals surface area contributed by atoms with Crippen LogP contribution in [0.15, 0.2) is 36.4 Å². The molecule has 19 heavy (non-hydrogen) atoms. The molecule has 0 unspecified atom stereocenters. The number of rotatable bonds is 3. The third-order valence-corrected chi connectivity index (χ3v) is 2.64. The Morgan fingerprint density at radius 3 is 2.84 bits per heavy atom. The minimum atomic E-state index is -0.380. The molecule has 0 bridgehead atoms. The normalized spacial score (nSPS) is 10.3. The van der Waals surface area contributed by atoms with Crippen molar-refractivity contribution in [3.05, 3.63) is 59.0 Å². The Bertz CT molecular complexity index is 614. The first-order chi connectivity index (χ1) is 9.10. The molecule has 98 valence electrons. The quantitative estimate of drug-likeness (QED) is 0.890. The Balaban J connectivity index is 2.20. The van der Waals surface area contributed by atoms with Crippen molar-refractivity contribution in [2.24, 2.45) is 0 Å². The van der Waals surface area contributed by atoms with Crippen LogP contribution in [-0.4, -0.2) is 16.0 Å². The van der Waals surface area contributed by atoms with E-state index in [1.807, 2.05) is 0 Å². The molecule has 0 radical (unpaired) electrons. The average Bonchev–Trinajstić information content (AvgIpc) is 2.38. The molecule has 1 heterocycles. The molecular weight excluding hydrogens is 247 g/mol. The van der Waals surface area contributed by atoms with Crippen molar-refractivity contribution < 1.29 is 14.3 Å². The Morgan fingerprint density at radius 1 is 1.37 bits per heavy atom. The van der Waals surface area contributed by atoms with E-state index in [1.54, 1.807) is 25.1 Å². The summed E-state index contributed by atoms with van der Waals surface area (Å²) in [6.45, 7) is 1.47. The molecule has 0 aliphatic carbocycles. The van der Waals surface area contributed by atoms with Gasteiger partial charge in [-0.2, -0.15) is 0 Å². The zero-order chi connectivity index (χ0) is 13.8. The van der Waals surface area contributed by atoms with E-state index in [-0.39, 0.29) is 18.3 Å². The fourth-order valence-corrected chi connectivity index (χ4v) is 1.70. The minimum Gasteiger partial charge on any atom is -0.390 e. The van der Waals surface area contributed by atoms with Crippen LogP contribution in [-0.2, 0) is 6.61 Å². The highest BCUT2D eigenvalue weighted by atomic mass is 19.1. The van der Waals surface area contributed by atoms with Crippen molar-refractivity contribution in [3.63, 3.8) is 0 Å². The number of pyridine rings is 1. The van der Waals surface area contributed by atoms with Gasteiger partial charge < -0.3 is 10.4 Å². The van der Waals surface area contributed by atoms with Crippen LogP contribution in [0.5, 0.6) is 0 Å². The van der Waals surface area contributed by atoms with Gasteiger partial charge in [-0.1, -0.05) is 6.07 Å². The minimum absolute atomic E-state index is 0.195. The van der Waals surface area contributed by atoms with Gasteiger partial charge in [-0.25, -0.2) is 9.37 Å². The molecule has 1 aromatic carbocycles. The van der Waals surface area contributed by atoms with Gasteiger partial charge in [-0.3, -0.25) is 4.79 Å². The highest BCUT2D eigenvalue weighted by Crippen LogP contribution is 2.13. The first-order valence-corrected chi connectivity index (χ1v) is 5.74. The third kappa shape index (κ3) is 3.14. The fourth-order valence-electron chi connectivity index (χ4n) is 1.70. The summed E-state index contributed by atoms with van der Waals surface area (Å²) in [5, 5.41) is 11.6. The number of nitrogens with one attached hydrogen (secondary N) is 1. The first-order valence-electron chi connectivity index (χ1n) is 5.74. The summed E-state index contributed by atoms with van der Waals surface area (Å²) in [5.41, 5.74) is 1.40. The summed E-state index contributed by atoms with van der Waals surface area (Å²) in [6.07, 6.45) is 0. The lowest BCUT2D eigenvalue weighted by Gasteiger charge is -2.07. The van der Waals surface area contributed by atoms with Crippen molar-refractivity contribution in [1.82, 2.24) is 4.98 Å². The Hall–Kier alpha value is -2.27. The molecule has 1 amide bonds. The largest absolute Gasteiger partial charge is 0.390 e. The average molecular weight is 260 g/mol. The molecular formula is C14H13FN2O2. The third-order valence-electron chi connectivity index (χ3n) is 2.64. The summed E-state index contributed by atoms with van der Waals surface area (Å²) in [5.74, 6) is -0.394. The van der Waals surface area contributed by atoms with Gasteiger partial charge in [0.05, 0.1) is 12.3 Å². The molecule has 0 saturated carbocycles. The molecule has 5 heteroatoms. The van der Waals surface area contributed by atoms with Gasteiger partial charge in [-0.15, -0.1) is 0 Å². The lowest BCUT2D eigenvalue weighted by atomic mass is 10.1. The second kappa shape index (κ2) is 5.58. The first kappa shape index (κ1) is 13.2. The van der Waals surface area contributed by atoms with E-state index in [2.05, 4.69) is 10.3 Å². The number of anilines is 1. The summed E-state index contributed by atoms with van der Waals surface area (Å²) >= 11 is 0. The summed E-state index contributed by atoms with van der Waals surface area (Å²) < 4.78 is 13.0. The van der Waals surface area contributed by atoms with Crippen molar-refractivity contribution in [3.8, 4) is 0 Å². The van der Waals surface area contributed by atoms with Crippen molar-refractivity contribution in [2.45, 2.75) is 13.5 Å². The number of aliphatic hydroxyl groups is 1. The van der Waals surface area contributed by atoms with Crippen LogP contribution >= 0.6 is 0 Å². The van der Waals surface area contributed by atoms with E-state index in [9.17, 15) is 9.18 Å². The number of aliphatic hydroxyl groups excluding tert-OH is 1. The van der Waals surface area contributed by atoms with Crippen LogP contribution in [0.1, 0.15) is 21.6 Å². The van der Waals surface area contributed by atoms with Crippen LogP contribution < -0.4 is 5.32 Å². The second-order valence-corrected chi connectivity index (χ2v) is 4.09. The number of halogens is 1. The van der Waals surface area contributed by atoms with Gasteiger partial charge in [-0.05, 0) is 42.8 Å². The van der Waals surface area contributed by atoms with Crippen molar-refractivity contribution >= 4 is 11.7 Å². The van der Waals surface area contributed by atoms with Crippen LogP contribution in [0.4, 0.5) is 10.2 Å². The molecule has 0 saturated heterocycles. The molecule has 0 atom stereocenters. The highest BCUT2D eigenvalue weighted by molar-refractivity contribution is 6.04. The number of amides is 1. The Morgan fingerprint density at radius 2 is 2.16 bits per heavy atom. The lowest BCUT2D eigenvalue weighted by molar-refractivity contribution is 0.102. The monoisotopic (exact) mass is 260 g/mol. The number of aryl methyl sites for hydroxylation is 1. The molecule has 0 fully saturated rings.